The van der Waals surface area contributed by atoms with E-state index in [0.717, 1.165) is 17.3 Å². The summed E-state index contributed by atoms with van der Waals surface area (Å²) in [6, 6.07) is 7.46. The lowest BCUT2D eigenvalue weighted by Gasteiger charge is -2.23. The molecule has 0 spiro atoms. The topological polar surface area (TPSA) is 54.2 Å². The van der Waals surface area contributed by atoms with Crippen LogP contribution in [0.5, 0.6) is 0 Å². The van der Waals surface area contributed by atoms with Gasteiger partial charge in [-0.25, -0.2) is 9.97 Å². The maximum atomic E-state index is 13.5. The second-order valence-electron chi connectivity index (χ2n) is 8.85. The monoisotopic (exact) mass is 418 g/mol. The third-order valence-corrected chi connectivity index (χ3v) is 5.40. The molecule has 0 amide bonds. The zero-order valence-corrected chi connectivity index (χ0v) is 17.2. The number of anilines is 1. The Kier molecular flexibility index (Phi) is 5.00. The number of fused-ring (bicyclic) bond motifs is 1. The first kappa shape index (κ1) is 20.7. The van der Waals surface area contributed by atoms with E-state index in [1.165, 1.54) is 12.1 Å². The van der Waals surface area contributed by atoms with Gasteiger partial charge in [-0.2, -0.15) is 13.2 Å². The molecule has 0 bridgehead atoms. The summed E-state index contributed by atoms with van der Waals surface area (Å²) in [5, 5.41) is 10.8. The summed E-state index contributed by atoms with van der Waals surface area (Å²) in [6.07, 6.45) is -2.40. The Balaban J connectivity index is 1.83. The molecule has 1 fully saturated rings. The number of aliphatic hydroxyl groups is 1. The van der Waals surface area contributed by atoms with E-state index in [1.807, 2.05) is 31.7 Å². The van der Waals surface area contributed by atoms with Crippen molar-refractivity contribution in [2.75, 3.05) is 18.0 Å². The highest BCUT2D eigenvalue weighted by atomic mass is 19.4. The summed E-state index contributed by atoms with van der Waals surface area (Å²) >= 11 is 0. The Morgan fingerprint density at radius 1 is 1.10 bits per heavy atom. The first-order chi connectivity index (χ1) is 14.0. The Hall–Kier alpha value is -2.61. The molecule has 0 unspecified atom stereocenters. The number of hydrogen-bond donors (Lipinski definition) is 1. The van der Waals surface area contributed by atoms with Gasteiger partial charge in [0.1, 0.15) is 17.3 Å². The third-order valence-electron chi connectivity index (χ3n) is 5.40. The van der Waals surface area contributed by atoms with E-state index in [-0.39, 0.29) is 17.5 Å². The molecule has 3 aromatic rings. The van der Waals surface area contributed by atoms with Gasteiger partial charge in [0.05, 0.1) is 17.1 Å². The molecule has 0 saturated carbocycles. The minimum absolute atomic E-state index is 0.0574. The maximum absolute atomic E-state index is 13.5. The molecule has 0 aliphatic carbocycles. The molecule has 1 aliphatic rings. The van der Waals surface area contributed by atoms with Gasteiger partial charge >= 0.3 is 6.18 Å². The number of aromatic nitrogens is 3. The van der Waals surface area contributed by atoms with E-state index in [0.29, 0.717) is 31.0 Å². The van der Waals surface area contributed by atoms with Gasteiger partial charge in [0.2, 0.25) is 0 Å². The molecule has 1 aliphatic heterocycles. The second-order valence-corrected chi connectivity index (χ2v) is 8.85. The lowest BCUT2D eigenvalue weighted by Crippen LogP contribution is -2.25. The first-order valence-electron chi connectivity index (χ1n) is 9.99. The zero-order chi connectivity index (χ0) is 21.7. The van der Waals surface area contributed by atoms with Crippen LogP contribution < -0.4 is 4.90 Å². The Morgan fingerprint density at radius 3 is 2.47 bits per heavy atom. The second kappa shape index (κ2) is 7.27. The van der Waals surface area contributed by atoms with Crippen molar-refractivity contribution in [1.29, 1.82) is 0 Å². The molecule has 1 N–H and O–H groups in total. The Labute approximate surface area is 173 Å². The molecule has 30 heavy (non-hydrogen) atoms. The highest BCUT2D eigenvalue weighted by molar-refractivity contribution is 5.88. The van der Waals surface area contributed by atoms with E-state index >= 15 is 0 Å². The average molecular weight is 418 g/mol. The quantitative estimate of drug-likeness (QED) is 0.687. The van der Waals surface area contributed by atoms with Crippen LogP contribution in [-0.2, 0) is 18.1 Å². The minimum atomic E-state index is -4.41. The average Bonchev–Trinajstić information content (AvgIpc) is 3.26. The number of rotatable bonds is 3. The number of hydrogen-bond acceptors (Lipinski definition) is 4. The summed E-state index contributed by atoms with van der Waals surface area (Å²) in [5.74, 6) is 1.35. The van der Waals surface area contributed by atoms with Crippen molar-refractivity contribution in [3.05, 3.63) is 53.5 Å². The number of β-amino-alcohol motifs (C(OH)–C–C–N with tert-alkyl or cyclic N) is 1. The van der Waals surface area contributed by atoms with Crippen LogP contribution in [0.25, 0.3) is 11.0 Å². The van der Waals surface area contributed by atoms with Gasteiger partial charge in [-0.1, -0.05) is 39.0 Å². The van der Waals surface area contributed by atoms with Crippen LogP contribution in [0.4, 0.5) is 19.0 Å². The zero-order valence-electron chi connectivity index (χ0n) is 17.2. The van der Waals surface area contributed by atoms with Crippen LogP contribution in [0.1, 0.15) is 44.1 Å². The van der Waals surface area contributed by atoms with Gasteiger partial charge in [0, 0.05) is 31.2 Å². The molecule has 4 rings (SSSR count). The Bertz CT molecular complexity index is 1070. The van der Waals surface area contributed by atoms with Crippen molar-refractivity contribution in [2.45, 2.75) is 51.4 Å². The fraction of sp³-hybridized carbons (Fsp3) is 0.455. The van der Waals surface area contributed by atoms with Crippen molar-refractivity contribution >= 4 is 16.9 Å². The summed E-state index contributed by atoms with van der Waals surface area (Å²) in [4.78, 5) is 11.5. The van der Waals surface area contributed by atoms with Gasteiger partial charge in [-0.3, -0.25) is 0 Å². The smallest absolute Gasteiger partial charge is 0.391 e. The molecular formula is C22H25F3N4O. The van der Waals surface area contributed by atoms with Crippen LogP contribution in [-0.4, -0.2) is 38.8 Å². The molecular weight excluding hydrogens is 393 g/mol. The number of nitrogens with zero attached hydrogens (tertiary/aromatic N) is 4. The molecule has 160 valence electrons. The highest BCUT2D eigenvalue weighted by Gasteiger charge is 2.33. The normalized spacial score (nSPS) is 17.8. The molecule has 1 atom stereocenters. The molecule has 2 aromatic heterocycles. The molecule has 1 aromatic carbocycles. The lowest BCUT2D eigenvalue weighted by atomic mass is 9.95. The van der Waals surface area contributed by atoms with E-state index in [9.17, 15) is 18.3 Å². The number of alkyl halides is 3. The van der Waals surface area contributed by atoms with Gasteiger partial charge in [0.15, 0.2) is 0 Å². The van der Waals surface area contributed by atoms with Crippen LogP contribution in [0, 0.1) is 0 Å². The van der Waals surface area contributed by atoms with Crippen molar-refractivity contribution in [2.24, 2.45) is 0 Å². The van der Waals surface area contributed by atoms with Crippen LogP contribution >= 0.6 is 0 Å². The largest absolute Gasteiger partial charge is 0.416 e. The predicted molar refractivity (Wildman–Crippen MR) is 110 cm³/mol. The van der Waals surface area contributed by atoms with Gasteiger partial charge in [-0.15, -0.1) is 0 Å². The van der Waals surface area contributed by atoms with Crippen LogP contribution in [0.15, 0.2) is 36.5 Å². The Morgan fingerprint density at radius 2 is 1.83 bits per heavy atom. The van der Waals surface area contributed by atoms with Crippen molar-refractivity contribution in [1.82, 2.24) is 14.5 Å². The molecule has 8 heteroatoms. The van der Waals surface area contributed by atoms with Crippen molar-refractivity contribution < 1.29 is 18.3 Å². The summed E-state index contributed by atoms with van der Waals surface area (Å²) < 4.78 is 42.1. The predicted octanol–water partition coefficient (Wildman–Crippen LogP) is 4.37. The van der Waals surface area contributed by atoms with Crippen molar-refractivity contribution in [3.8, 4) is 0 Å². The number of aliphatic hydroxyl groups excluding tert-OH is 1. The summed E-state index contributed by atoms with van der Waals surface area (Å²) in [6.45, 7) is 7.23. The standard InChI is InChI=1S/C22H25F3N4O/c1-21(2,3)20-26-18-16(19(27-20)29-10-8-15(30)13-29)9-11-28(18)12-14-6-4-5-7-17(14)22(23,24)25/h4-7,9,11,15,30H,8,10,12-13H2,1-3H3/t15-/m0/s1. The maximum Gasteiger partial charge on any atom is 0.416 e. The van der Waals surface area contributed by atoms with E-state index in [2.05, 4.69) is 0 Å². The minimum Gasteiger partial charge on any atom is -0.391 e. The first-order valence-corrected chi connectivity index (χ1v) is 9.99. The lowest BCUT2D eigenvalue weighted by molar-refractivity contribution is -0.138. The van der Waals surface area contributed by atoms with E-state index in [1.54, 1.807) is 16.8 Å². The molecule has 0 radical (unpaired) electrons. The van der Waals surface area contributed by atoms with Gasteiger partial charge < -0.3 is 14.6 Å². The van der Waals surface area contributed by atoms with Crippen molar-refractivity contribution in [3.63, 3.8) is 0 Å². The summed E-state index contributed by atoms with van der Waals surface area (Å²) in [7, 11) is 0. The van der Waals surface area contributed by atoms with Gasteiger partial charge in [-0.05, 0) is 24.1 Å². The SMILES string of the molecule is CC(C)(C)c1nc(N2CC[C@H](O)C2)c2ccn(Cc3ccccc3C(F)(F)F)c2n1. The van der Waals surface area contributed by atoms with Gasteiger partial charge in [0.25, 0.3) is 0 Å². The molecule has 5 nitrogen and oxygen atoms in total. The number of halogens is 3. The third kappa shape index (κ3) is 3.88. The fourth-order valence-corrected chi connectivity index (χ4v) is 3.81. The van der Waals surface area contributed by atoms with E-state index in [4.69, 9.17) is 9.97 Å². The molecule has 3 heterocycles. The van der Waals surface area contributed by atoms with E-state index < -0.39 is 17.8 Å². The molecule has 1 saturated heterocycles. The highest BCUT2D eigenvalue weighted by Crippen LogP contribution is 2.34. The fourth-order valence-electron chi connectivity index (χ4n) is 3.81. The van der Waals surface area contributed by atoms with Crippen LogP contribution in [0.2, 0.25) is 0 Å². The van der Waals surface area contributed by atoms with Crippen LogP contribution in [0.3, 0.4) is 0 Å². The summed E-state index contributed by atoms with van der Waals surface area (Å²) in [5.41, 5.74) is -0.181. The number of benzene rings is 1.